The second-order valence-electron chi connectivity index (χ2n) is 6.17. The Morgan fingerprint density at radius 2 is 2.09 bits per heavy atom. The van der Waals surface area contributed by atoms with Crippen molar-refractivity contribution in [3.05, 3.63) is 59.7 Å². The smallest absolute Gasteiger partial charge is 0.239 e. The lowest BCUT2D eigenvalue weighted by Gasteiger charge is -2.28. The Balaban J connectivity index is 1.55. The molecule has 3 aromatic rings. The maximum absolute atomic E-state index is 5.74. The molecule has 0 fully saturated rings. The number of aryl methyl sites for hydroxylation is 1. The number of benzene rings is 1. The molecule has 1 aliphatic rings. The molecule has 118 valence electrons. The van der Waals surface area contributed by atoms with Crippen LogP contribution >= 0.6 is 0 Å². The Labute approximate surface area is 135 Å². The van der Waals surface area contributed by atoms with Gasteiger partial charge >= 0.3 is 0 Å². The largest absolute Gasteiger partial charge is 0.366 e. The van der Waals surface area contributed by atoms with Crippen molar-refractivity contribution in [1.82, 2.24) is 24.5 Å². The highest BCUT2D eigenvalue weighted by molar-refractivity contribution is 5.21. The average Bonchev–Trinajstić information content (AvgIpc) is 3.15. The average molecular weight is 308 g/mol. The summed E-state index contributed by atoms with van der Waals surface area (Å²) < 4.78 is 3.97. The van der Waals surface area contributed by atoms with Gasteiger partial charge in [-0.25, -0.2) is 4.68 Å². The molecule has 0 radical (unpaired) electrons. The summed E-state index contributed by atoms with van der Waals surface area (Å²) >= 11 is 0. The number of fused-ring (bicyclic) bond motifs is 1. The third-order valence-corrected chi connectivity index (χ3v) is 4.63. The zero-order valence-electron chi connectivity index (χ0n) is 13.1. The van der Waals surface area contributed by atoms with Gasteiger partial charge in [0, 0.05) is 18.5 Å². The SMILES string of the molecule is CC1C(c2cnn(Cc3ccccc3)c2)CCc2nc(N)nn21. The van der Waals surface area contributed by atoms with E-state index in [0.29, 0.717) is 11.9 Å². The minimum absolute atomic E-state index is 0.248. The van der Waals surface area contributed by atoms with Gasteiger partial charge < -0.3 is 5.73 Å². The standard InChI is InChI=1S/C17H20N6/c1-12-15(7-8-16-20-17(18)21-23(12)16)14-9-19-22(11-14)10-13-5-3-2-4-6-13/h2-6,9,11-12,15H,7-8,10H2,1H3,(H2,18,21). The highest BCUT2D eigenvalue weighted by Crippen LogP contribution is 2.36. The first-order chi connectivity index (χ1) is 11.2. The molecule has 2 N–H and O–H groups in total. The number of hydrogen-bond donors (Lipinski definition) is 1. The highest BCUT2D eigenvalue weighted by atomic mass is 15.4. The van der Waals surface area contributed by atoms with Crippen LogP contribution in [0.25, 0.3) is 0 Å². The molecular formula is C17H20N6. The molecule has 0 amide bonds. The summed E-state index contributed by atoms with van der Waals surface area (Å²) in [5.74, 6) is 1.75. The van der Waals surface area contributed by atoms with Gasteiger partial charge in [0.15, 0.2) is 0 Å². The maximum atomic E-state index is 5.74. The highest BCUT2D eigenvalue weighted by Gasteiger charge is 2.30. The molecule has 1 aromatic carbocycles. The number of nitrogens with zero attached hydrogens (tertiary/aromatic N) is 5. The van der Waals surface area contributed by atoms with Crippen LogP contribution in [0.15, 0.2) is 42.7 Å². The first-order valence-corrected chi connectivity index (χ1v) is 7.98. The number of rotatable bonds is 3. The molecule has 6 nitrogen and oxygen atoms in total. The number of aromatic nitrogens is 5. The summed E-state index contributed by atoms with van der Waals surface area (Å²) in [4.78, 5) is 4.30. The van der Waals surface area contributed by atoms with Crippen LogP contribution < -0.4 is 5.73 Å². The summed E-state index contributed by atoms with van der Waals surface area (Å²) in [7, 11) is 0. The van der Waals surface area contributed by atoms with Crippen LogP contribution in [0.5, 0.6) is 0 Å². The molecule has 6 heteroatoms. The summed E-state index contributed by atoms with van der Waals surface area (Å²) in [5.41, 5.74) is 8.25. The molecule has 4 rings (SSSR count). The van der Waals surface area contributed by atoms with E-state index in [1.54, 1.807) is 0 Å². The monoisotopic (exact) mass is 308 g/mol. The molecule has 2 aromatic heterocycles. The Hall–Kier alpha value is -2.63. The Bertz CT molecular complexity index is 804. The third kappa shape index (κ3) is 2.60. The van der Waals surface area contributed by atoms with Gasteiger partial charge in [0.1, 0.15) is 5.82 Å². The zero-order valence-corrected chi connectivity index (χ0v) is 13.1. The second kappa shape index (κ2) is 5.53. The molecule has 2 atom stereocenters. The minimum Gasteiger partial charge on any atom is -0.366 e. The van der Waals surface area contributed by atoms with Crippen molar-refractivity contribution in [3.63, 3.8) is 0 Å². The molecule has 23 heavy (non-hydrogen) atoms. The molecular weight excluding hydrogens is 288 g/mol. The van der Waals surface area contributed by atoms with E-state index < -0.39 is 0 Å². The van der Waals surface area contributed by atoms with E-state index in [9.17, 15) is 0 Å². The van der Waals surface area contributed by atoms with Gasteiger partial charge in [-0.2, -0.15) is 10.1 Å². The number of nitrogen functional groups attached to an aromatic ring is 1. The molecule has 3 heterocycles. The Morgan fingerprint density at radius 1 is 1.26 bits per heavy atom. The number of nitrogens with two attached hydrogens (primary N) is 1. The molecule has 2 unspecified atom stereocenters. The normalized spacial score (nSPS) is 20.4. The zero-order chi connectivity index (χ0) is 15.8. The summed E-state index contributed by atoms with van der Waals surface area (Å²) in [5, 5.41) is 8.87. The van der Waals surface area contributed by atoms with Gasteiger partial charge in [-0.05, 0) is 24.5 Å². The summed E-state index contributed by atoms with van der Waals surface area (Å²) in [6.07, 6.45) is 6.09. The molecule has 1 aliphatic heterocycles. The molecule has 0 saturated carbocycles. The summed E-state index contributed by atoms with van der Waals surface area (Å²) in [6.45, 7) is 2.97. The Morgan fingerprint density at radius 3 is 2.91 bits per heavy atom. The molecule has 0 bridgehead atoms. The van der Waals surface area contributed by atoms with E-state index in [-0.39, 0.29) is 6.04 Å². The first kappa shape index (κ1) is 14.0. The third-order valence-electron chi connectivity index (χ3n) is 4.63. The second-order valence-corrected chi connectivity index (χ2v) is 6.17. The van der Waals surface area contributed by atoms with Crippen LogP contribution in [0.3, 0.4) is 0 Å². The van der Waals surface area contributed by atoms with Crippen LogP contribution in [0.2, 0.25) is 0 Å². The van der Waals surface area contributed by atoms with Crippen molar-refractivity contribution < 1.29 is 0 Å². The van der Waals surface area contributed by atoms with E-state index in [1.807, 2.05) is 21.6 Å². The first-order valence-electron chi connectivity index (χ1n) is 7.98. The predicted molar refractivity (Wildman–Crippen MR) is 88.0 cm³/mol. The fourth-order valence-corrected chi connectivity index (χ4v) is 3.44. The van der Waals surface area contributed by atoms with Crippen molar-refractivity contribution >= 4 is 5.95 Å². The lowest BCUT2D eigenvalue weighted by molar-refractivity contribution is 0.338. The van der Waals surface area contributed by atoms with Crippen molar-refractivity contribution in [2.75, 3.05) is 5.73 Å². The van der Waals surface area contributed by atoms with Crippen molar-refractivity contribution in [2.24, 2.45) is 0 Å². The van der Waals surface area contributed by atoms with E-state index in [4.69, 9.17) is 5.73 Å². The predicted octanol–water partition coefficient (Wildman–Crippen LogP) is 2.40. The minimum atomic E-state index is 0.248. The van der Waals surface area contributed by atoms with Crippen LogP contribution in [-0.2, 0) is 13.0 Å². The van der Waals surface area contributed by atoms with Gasteiger partial charge in [0.25, 0.3) is 0 Å². The van der Waals surface area contributed by atoms with Crippen LogP contribution in [0.1, 0.15) is 42.3 Å². The quantitative estimate of drug-likeness (QED) is 0.806. The molecule has 0 saturated heterocycles. The molecule has 0 aliphatic carbocycles. The summed E-state index contributed by atoms with van der Waals surface area (Å²) in [6, 6.07) is 10.6. The van der Waals surface area contributed by atoms with Crippen molar-refractivity contribution in [3.8, 4) is 0 Å². The van der Waals surface area contributed by atoms with Crippen LogP contribution in [0.4, 0.5) is 5.95 Å². The van der Waals surface area contributed by atoms with E-state index in [1.165, 1.54) is 11.1 Å². The van der Waals surface area contributed by atoms with Crippen molar-refractivity contribution in [1.29, 1.82) is 0 Å². The van der Waals surface area contributed by atoms with Gasteiger partial charge in [0.2, 0.25) is 5.95 Å². The lowest BCUT2D eigenvalue weighted by Crippen LogP contribution is -2.24. The van der Waals surface area contributed by atoms with E-state index >= 15 is 0 Å². The van der Waals surface area contributed by atoms with Gasteiger partial charge in [-0.3, -0.25) is 4.68 Å². The maximum Gasteiger partial charge on any atom is 0.239 e. The van der Waals surface area contributed by atoms with Gasteiger partial charge in [-0.1, -0.05) is 30.3 Å². The molecule has 0 spiro atoms. The van der Waals surface area contributed by atoms with Gasteiger partial charge in [0.05, 0.1) is 18.8 Å². The van der Waals surface area contributed by atoms with Crippen LogP contribution in [-0.4, -0.2) is 24.5 Å². The Kier molecular flexibility index (Phi) is 3.37. The van der Waals surface area contributed by atoms with Crippen LogP contribution in [0, 0.1) is 0 Å². The number of anilines is 1. The lowest BCUT2D eigenvalue weighted by atomic mass is 9.87. The van der Waals surface area contributed by atoms with Crippen molar-refractivity contribution in [2.45, 2.75) is 38.3 Å². The fourth-order valence-electron chi connectivity index (χ4n) is 3.44. The van der Waals surface area contributed by atoms with Gasteiger partial charge in [-0.15, -0.1) is 5.10 Å². The number of hydrogen-bond acceptors (Lipinski definition) is 4. The van der Waals surface area contributed by atoms with E-state index in [2.05, 4.69) is 52.6 Å². The fraction of sp³-hybridized carbons (Fsp3) is 0.353. The van der Waals surface area contributed by atoms with E-state index in [0.717, 1.165) is 25.2 Å². The topological polar surface area (TPSA) is 74.6 Å².